The number of aliphatic hydroxyl groups excluding tert-OH is 1. The fourth-order valence-corrected chi connectivity index (χ4v) is 9.16. The van der Waals surface area contributed by atoms with Gasteiger partial charge in [0.05, 0.1) is 6.10 Å². The third-order valence-corrected chi connectivity index (χ3v) is 10.5. The van der Waals surface area contributed by atoms with E-state index in [0.29, 0.717) is 36.2 Å². The lowest BCUT2D eigenvalue weighted by atomic mass is 9.36. The molecule has 0 amide bonds. The SMILES string of the molecule is CC1(C)CCCC2(C)C1CCC1(C)CC3CC4=C(CC3(C)C(O)C12)C(=O)OC4. The Morgan fingerprint density at radius 1 is 1.04 bits per heavy atom. The van der Waals surface area contributed by atoms with Crippen molar-refractivity contribution in [3.8, 4) is 0 Å². The molecule has 4 aliphatic carbocycles. The first-order valence-electron chi connectivity index (χ1n) is 11.6. The van der Waals surface area contributed by atoms with Gasteiger partial charge in [-0.25, -0.2) is 4.79 Å². The fraction of sp³-hybridized carbons (Fsp3) is 0.880. The summed E-state index contributed by atoms with van der Waals surface area (Å²) in [7, 11) is 0. The van der Waals surface area contributed by atoms with Crippen molar-refractivity contribution < 1.29 is 14.6 Å². The number of hydrogen-bond donors (Lipinski definition) is 1. The molecular formula is C25H38O3. The summed E-state index contributed by atoms with van der Waals surface area (Å²) in [5.74, 6) is 1.37. The molecule has 0 bridgehead atoms. The van der Waals surface area contributed by atoms with E-state index in [1.54, 1.807) is 0 Å². The molecule has 0 spiro atoms. The molecule has 1 N–H and O–H groups in total. The molecule has 0 radical (unpaired) electrons. The zero-order chi connectivity index (χ0) is 20.1. The maximum absolute atomic E-state index is 12.3. The molecule has 28 heavy (non-hydrogen) atoms. The molecule has 1 aliphatic heterocycles. The summed E-state index contributed by atoms with van der Waals surface area (Å²) < 4.78 is 5.37. The van der Waals surface area contributed by atoms with Crippen LogP contribution in [0.25, 0.3) is 0 Å². The average Bonchev–Trinajstić information content (AvgIpc) is 2.93. The van der Waals surface area contributed by atoms with Gasteiger partial charge in [-0.05, 0) is 84.5 Å². The molecule has 156 valence electrons. The van der Waals surface area contributed by atoms with Gasteiger partial charge in [-0.3, -0.25) is 0 Å². The van der Waals surface area contributed by atoms with Crippen LogP contribution in [0.15, 0.2) is 11.1 Å². The Balaban J connectivity index is 1.57. The smallest absolute Gasteiger partial charge is 0.334 e. The minimum atomic E-state index is -0.333. The lowest BCUT2D eigenvalue weighted by Gasteiger charge is -2.69. The zero-order valence-electron chi connectivity index (χ0n) is 18.4. The van der Waals surface area contributed by atoms with Crippen LogP contribution in [0.1, 0.15) is 86.0 Å². The topological polar surface area (TPSA) is 46.5 Å². The molecule has 7 unspecified atom stereocenters. The van der Waals surface area contributed by atoms with Crippen LogP contribution in [0.2, 0.25) is 0 Å². The first-order valence-corrected chi connectivity index (χ1v) is 11.6. The number of esters is 1. The summed E-state index contributed by atoms with van der Waals surface area (Å²) in [6.07, 6.45) is 8.91. The zero-order valence-corrected chi connectivity index (χ0v) is 18.4. The second-order valence-corrected chi connectivity index (χ2v) is 12.5. The second-order valence-electron chi connectivity index (χ2n) is 12.5. The highest BCUT2D eigenvalue weighted by Gasteiger charge is 2.67. The summed E-state index contributed by atoms with van der Waals surface area (Å²) in [6.45, 7) is 12.7. The van der Waals surface area contributed by atoms with Crippen molar-refractivity contribution in [3.05, 3.63) is 11.1 Å². The van der Waals surface area contributed by atoms with Crippen LogP contribution in [0.4, 0.5) is 0 Å². The van der Waals surface area contributed by atoms with E-state index in [-0.39, 0.29) is 28.3 Å². The minimum absolute atomic E-state index is 0.123. The van der Waals surface area contributed by atoms with E-state index < -0.39 is 0 Å². The third kappa shape index (κ3) is 2.29. The predicted molar refractivity (Wildman–Crippen MR) is 109 cm³/mol. The summed E-state index contributed by atoms with van der Waals surface area (Å²) in [4.78, 5) is 12.3. The van der Waals surface area contributed by atoms with E-state index in [9.17, 15) is 9.90 Å². The first-order chi connectivity index (χ1) is 13.0. The number of rotatable bonds is 0. The summed E-state index contributed by atoms with van der Waals surface area (Å²) >= 11 is 0. The molecule has 0 aromatic rings. The molecule has 3 nitrogen and oxygen atoms in total. The number of carbonyl (C=O) groups is 1. The lowest BCUT2D eigenvalue weighted by molar-refractivity contribution is -0.234. The van der Waals surface area contributed by atoms with Crippen molar-refractivity contribution >= 4 is 5.97 Å². The van der Waals surface area contributed by atoms with Crippen LogP contribution in [-0.2, 0) is 9.53 Å². The van der Waals surface area contributed by atoms with E-state index in [2.05, 4.69) is 34.6 Å². The second kappa shape index (κ2) is 5.65. The molecule has 0 saturated heterocycles. The van der Waals surface area contributed by atoms with Crippen molar-refractivity contribution in [1.82, 2.24) is 0 Å². The molecular weight excluding hydrogens is 348 g/mol. The van der Waals surface area contributed by atoms with E-state index in [4.69, 9.17) is 4.74 Å². The maximum atomic E-state index is 12.3. The Hall–Kier alpha value is -0.830. The monoisotopic (exact) mass is 386 g/mol. The van der Waals surface area contributed by atoms with Crippen LogP contribution >= 0.6 is 0 Å². The maximum Gasteiger partial charge on any atom is 0.334 e. The molecule has 3 heteroatoms. The van der Waals surface area contributed by atoms with Gasteiger partial charge in [0.2, 0.25) is 0 Å². The molecule has 3 fully saturated rings. The van der Waals surface area contributed by atoms with Crippen LogP contribution in [-0.4, -0.2) is 23.8 Å². The van der Waals surface area contributed by atoms with E-state index in [1.807, 2.05) is 0 Å². The molecule has 3 saturated carbocycles. The number of carbonyl (C=O) groups excluding carboxylic acids is 1. The minimum Gasteiger partial charge on any atom is -0.458 e. The number of hydrogen-bond acceptors (Lipinski definition) is 3. The van der Waals surface area contributed by atoms with Gasteiger partial charge >= 0.3 is 5.97 Å². The highest BCUT2D eigenvalue weighted by atomic mass is 16.5. The van der Waals surface area contributed by atoms with Gasteiger partial charge in [0.25, 0.3) is 0 Å². The largest absolute Gasteiger partial charge is 0.458 e. The standard InChI is InChI=1S/C25H38O3/c1-22(2)8-6-9-24(4)18(22)7-10-23(3)12-16-11-15-14-28-21(27)17(15)13-25(16,5)20(26)19(23)24/h16,18-20,26H,6-14H2,1-5H3. The van der Waals surface area contributed by atoms with Crippen molar-refractivity contribution in [2.75, 3.05) is 6.61 Å². The Labute approximate surface area is 170 Å². The number of ether oxygens (including phenoxy) is 1. The van der Waals surface area contributed by atoms with Crippen LogP contribution < -0.4 is 0 Å². The van der Waals surface area contributed by atoms with Gasteiger partial charge < -0.3 is 9.84 Å². The Bertz CT molecular complexity index is 751. The van der Waals surface area contributed by atoms with Gasteiger partial charge in [-0.15, -0.1) is 0 Å². The molecule has 1 heterocycles. The molecule has 0 aromatic carbocycles. The third-order valence-electron chi connectivity index (χ3n) is 10.5. The van der Waals surface area contributed by atoms with Crippen LogP contribution in [0, 0.1) is 39.4 Å². The van der Waals surface area contributed by atoms with Crippen LogP contribution in [0.5, 0.6) is 0 Å². The molecule has 5 aliphatic rings. The van der Waals surface area contributed by atoms with E-state index >= 15 is 0 Å². The Kier molecular flexibility index (Phi) is 3.86. The van der Waals surface area contributed by atoms with E-state index in [0.717, 1.165) is 12.0 Å². The van der Waals surface area contributed by atoms with E-state index in [1.165, 1.54) is 44.1 Å². The van der Waals surface area contributed by atoms with Gasteiger partial charge in [-0.2, -0.15) is 0 Å². The van der Waals surface area contributed by atoms with Gasteiger partial charge in [0, 0.05) is 11.0 Å². The van der Waals surface area contributed by atoms with Crippen molar-refractivity contribution in [3.63, 3.8) is 0 Å². The van der Waals surface area contributed by atoms with Gasteiger partial charge in [-0.1, -0.05) is 41.0 Å². The number of cyclic esters (lactones) is 1. The summed E-state index contributed by atoms with van der Waals surface area (Å²) in [5.41, 5.74) is 2.70. The normalized spacial score (nSPS) is 52.3. The van der Waals surface area contributed by atoms with Crippen molar-refractivity contribution in [2.45, 2.75) is 92.1 Å². The summed E-state index contributed by atoms with van der Waals surface area (Å²) in [6, 6.07) is 0. The number of fused-ring (bicyclic) bond motifs is 4. The molecule has 0 aromatic heterocycles. The van der Waals surface area contributed by atoms with Crippen LogP contribution in [0.3, 0.4) is 0 Å². The lowest BCUT2D eigenvalue weighted by Crippen LogP contribution is -2.65. The number of aliphatic hydroxyl groups is 1. The van der Waals surface area contributed by atoms with Crippen molar-refractivity contribution in [2.24, 2.45) is 39.4 Å². The molecule has 7 atom stereocenters. The van der Waals surface area contributed by atoms with Gasteiger partial charge in [0.15, 0.2) is 0 Å². The molecule has 5 rings (SSSR count). The Morgan fingerprint density at radius 2 is 1.79 bits per heavy atom. The highest BCUT2D eigenvalue weighted by molar-refractivity contribution is 5.92. The average molecular weight is 387 g/mol. The summed E-state index contributed by atoms with van der Waals surface area (Å²) in [5, 5.41) is 12.0. The quantitative estimate of drug-likeness (QED) is 0.577. The highest BCUT2D eigenvalue weighted by Crippen LogP contribution is 2.71. The Morgan fingerprint density at radius 3 is 2.54 bits per heavy atom. The fourth-order valence-electron chi connectivity index (χ4n) is 9.16. The first kappa shape index (κ1) is 19.2. The predicted octanol–water partition coefficient (Wildman–Crippen LogP) is 5.27. The van der Waals surface area contributed by atoms with Crippen molar-refractivity contribution in [1.29, 1.82) is 0 Å². The van der Waals surface area contributed by atoms with Gasteiger partial charge in [0.1, 0.15) is 6.61 Å².